The minimum atomic E-state index is -2.34. The number of rotatable bonds is 9. The highest BCUT2D eigenvalue weighted by atomic mass is 35.5. The number of amides is 3. The molecule has 0 aromatic carbocycles. The lowest BCUT2D eigenvalue weighted by atomic mass is 10.1. The van der Waals surface area contributed by atoms with E-state index in [1.807, 2.05) is 0 Å². The van der Waals surface area contributed by atoms with Gasteiger partial charge in [0.15, 0.2) is 15.7 Å². The van der Waals surface area contributed by atoms with E-state index in [0.29, 0.717) is 5.06 Å². The van der Waals surface area contributed by atoms with Gasteiger partial charge in [-0.05, 0) is 6.26 Å². The van der Waals surface area contributed by atoms with Crippen LogP contribution in [0.4, 0.5) is 5.13 Å². The molecule has 2 atom stereocenters. The number of hydrogen-bond donors (Lipinski definition) is 3. The first-order chi connectivity index (χ1) is 16.1. The second kappa shape index (κ2) is 10.1. The third-order valence-electron chi connectivity index (χ3n) is 4.72. The standard InChI is InChI=1S/C17H18ClN5O9S2/c1-30-22-11(8-6-34-15(19-8)20-9(24)5-18)12(26)21-16(33-2)7-31-23(13(16)27)17(14(28)29)4-3-10(25)32-17/h6H,3-5,7H2,1-2H3,(H,21,26)(H,28,29)(H,19,20,24). The Bertz CT molecular complexity index is 1070. The Morgan fingerprint density at radius 3 is 2.74 bits per heavy atom. The van der Waals surface area contributed by atoms with Gasteiger partial charge < -0.3 is 25.3 Å². The van der Waals surface area contributed by atoms with E-state index in [-0.39, 0.29) is 35.3 Å². The molecule has 0 saturated carbocycles. The van der Waals surface area contributed by atoms with Crippen molar-refractivity contribution in [1.82, 2.24) is 15.4 Å². The molecular weight excluding hydrogens is 518 g/mol. The summed E-state index contributed by atoms with van der Waals surface area (Å²) >= 11 is 7.32. The number of esters is 1. The summed E-state index contributed by atoms with van der Waals surface area (Å²) in [7, 11) is 1.19. The Balaban J connectivity index is 1.84. The fourth-order valence-electron chi connectivity index (χ4n) is 3.07. The predicted molar refractivity (Wildman–Crippen MR) is 118 cm³/mol. The number of ether oxygens (including phenoxy) is 1. The highest BCUT2D eigenvalue weighted by molar-refractivity contribution is 8.00. The molecule has 0 aliphatic carbocycles. The van der Waals surface area contributed by atoms with Crippen LogP contribution in [0.3, 0.4) is 0 Å². The number of aliphatic carboxylic acids is 1. The van der Waals surface area contributed by atoms with Gasteiger partial charge in [-0.1, -0.05) is 5.16 Å². The number of nitrogens with one attached hydrogen (secondary N) is 2. The number of nitrogens with zero attached hydrogens (tertiary/aromatic N) is 3. The Hall–Kier alpha value is -2.95. The van der Waals surface area contributed by atoms with E-state index in [2.05, 4.69) is 20.8 Å². The zero-order valence-electron chi connectivity index (χ0n) is 17.7. The largest absolute Gasteiger partial charge is 0.477 e. The second-order valence-corrected chi connectivity index (χ2v) is 8.99. The van der Waals surface area contributed by atoms with Gasteiger partial charge >= 0.3 is 17.7 Å². The summed E-state index contributed by atoms with van der Waals surface area (Å²) in [5.74, 6) is -5.05. The number of oxime groups is 1. The number of carbonyl (C=O) groups excluding carboxylic acids is 4. The molecule has 3 amide bonds. The van der Waals surface area contributed by atoms with Crippen LogP contribution in [0.1, 0.15) is 18.5 Å². The summed E-state index contributed by atoms with van der Waals surface area (Å²) in [5, 5.41) is 20.2. The van der Waals surface area contributed by atoms with E-state index < -0.39 is 46.9 Å². The molecule has 0 radical (unpaired) electrons. The number of thiazole rings is 1. The van der Waals surface area contributed by atoms with Crippen molar-refractivity contribution >= 4 is 75.2 Å². The van der Waals surface area contributed by atoms with Gasteiger partial charge in [0.25, 0.3) is 11.8 Å². The highest BCUT2D eigenvalue weighted by Crippen LogP contribution is 2.39. The second-order valence-electron chi connectivity index (χ2n) is 6.76. The van der Waals surface area contributed by atoms with Crippen molar-refractivity contribution in [1.29, 1.82) is 0 Å². The maximum Gasteiger partial charge on any atom is 0.372 e. The molecule has 3 N–H and O–H groups in total. The summed E-state index contributed by atoms with van der Waals surface area (Å²) in [5.41, 5.74) is -2.64. The number of hydroxylamine groups is 2. The maximum absolute atomic E-state index is 13.2. The van der Waals surface area contributed by atoms with Gasteiger partial charge in [0, 0.05) is 11.8 Å². The summed E-state index contributed by atoms with van der Waals surface area (Å²) in [6.07, 6.45) is 0.946. The number of alkyl halides is 1. The molecule has 14 nitrogen and oxygen atoms in total. The first-order valence-corrected chi connectivity index (χ1v) is 12.0. The molecule has 2 saturated heterocycles. The van der Waals surface area contributed by atoms with E-state index in [0.717, 1.165) is 23.1 Å². The van der Waals surface area contributed by atoms with Crippen molar-refractivity contribution in [2.75, 3.05) is 31.2 Å². The molecule has 17 heteroatoms. The van der Waals surface area contributed by atoms with Gasteiger partial charge in [0.2, 0.25) is 5.91 Å². The SMILES string of the molecule is CON=C(C(=O)NC1(SC)CON(C2(C(=O)O)CCC(=O)O2)C1=O)c1csc(NC(=O)CCl)n1. The van der Waals surface area contributed by atoms with E-state index >= 15 is 0 Å². The number of thioether (sulfide) groups is 1. The molecule has 34 heavy (non-hydrogen) atoms. The number of aromatic nitrogens is 1. The van der Waals surface area contributed by atoms with Crippen molar-refractivity contribution in [2.24, 2.45) is 5.16 Å². The van der Waals surface area contributed by atoms with Gasteiger partial charge in [-0.2, -0.15) is 5.06 Å². The monoisotopic (exact) mass is 535 g/mol. The first-order valence-electron chi connectivity index (χ1n) is 9.35. The summed E-state index contributed by atoms with van der Waals surface area (Å²) in [4.78, 5) is 73.6. The van der Waals surface area contributed by atoms with Gasteiger partial charge in [0.1, 0.15) is 25.3 Å². The fourth-order valence-corrected chi connectivity index (χ4v) is 4.47. The van der Waals surface area contributed by atoms with Crippen molar-refractivity contribution in [3.63, 3.8) is 0 Å². The quantitative estimate of drug-likeness (QED) is 0.124. The maximum atomic E-state index is 13.2. The molecule has 3 rings (SSSR count). The van der Waals surface area contributed by atoms with Crippen LogP contribution in [0, 0.1) is 0 Å². The number of carbonyl (C=O) groups is 5. The van der Waals surface area contributed by atoms with Crippen LogP contribution in [-0.4, -0.2) is 87.0 Å². The van der Waals surface area contributed by atoms with E-state index in [9.17, 15) is 29.1 Å². The van der Waals surface area contributed by atoms with Gasteiger partial charge in [0.05, 0.1) is 6.42 Å². The molecular formula is C17H18ClN5O9S2. The van der Waals surface area contributed by atoms with Gasteiger partial charge in [-0.25, -0.2) is 9.78 Å². The molecule has 2 aliphatic heterocycles. The number of cyclic esters (lactones) is 1. The number of halogens is 1. The Morgan fingerprint density at radius 1 is 1.44 bits per heavy atom. The molecule has 0 bridgehead atoms. The summed E-state index contributed by atoms with van der Waals surface area (Å²) in [6, 6.07) is 0. The van der Waals surface area contributed by atoms with Crippen LogP contribution in [-0.2, 0) is 38.4 Å². The van der Waals surface area contributed by atoms with Crippen LogP contribution < -0.4 is 10.6 Å². The molecule has 1 aromatic heterocycles. The molecule has 184 valence electrons. The minimum absolute atomic E-state index is 0.0282. The third-order valence-corrected chi connectivity index (χ3v) is 6.81. The molecule has 3 heterocycles. The summed E-state index contributed by atoms with van der Waals surface area (Å²) < 4.78 is 4.93. The topological polar surface area (TPSA) is 186 Å². The third kappa shape index (κ3) is 4.66. The first kappa shape index (κ1) is 25.7. The summed E-state index contributed by atoms with van der Waals surface area (Å²) in [6.45, 7) is -0.459. The van der Waals surface area contributed by atoms with E-state index in [1.165, 1.54) is 18.7 Å². The van der Waals surface area contributed by atoms with Crippen LogP contribution in [0.15, 0.2) is 10.5 Å². The fraction of sp³-hybridized carbons (Fsp3) is 0.471. The van der Waals surface area contributed by atoms with Crippen LogP contribution >= 0.6 is 34.7 Å². The van der Waals surface area contributed by atoms with E-state index in [1.54, 1.807) is 0 Å². The zero-order chi connectivity index (χ0) is 25.1. The molecule has 2 fully saturated rings. The Kier molecular flexibility index (Phi) is 7.64. The average Bonchev–Trinajstić information content (AvgIpc) is 3.51. The van der Waals surface area contributed by atoms with Crippen LogP contribution in [0.5, 0.6) is 0 Å². The van der Waals surface area contributed by atoms with Crippen molar-refractivity contribution < 1.29 is 43.5 Å². The zero-order valence-corrected chi connectivity index (χ0v) is 20.0. The Morgan fingerprint density at radius 2 is 2.18 bits per heavy atom. The Labute approximate surface area is 204 Å². The lowest BCUT2D eigenvalue weighted by Crippen LogP contribution is -2.60. The smallest absolute Gasteiger partial charge is 0.372 e. The minimum Gasteiger partial charge on any atom is -0.477 e. The molecule has 1 aromatic rings. The molecule has 2 aliphatic rings. The number of anilines is 1. The lowest BCUT2D eigenvalue weighted by Gasteiger charge is -2.32. The number of carboxylic acid groups (broad SMARTS) is 1. The van der Waals surface area contributed by atoms with Crippen molar-refractivity contribution in [3.8, 4) is 0 Å². The highest BCUT2D eigenvalue weighted by Gasteiger charge is 2.63. The predicted octanol–water partition coefficient (Wildman–Crippen LogP) is -0.262. The van der Waals surface area contributed by atoms with Crippen molar-refractivity contribution in [2.45, 2.75) is 23.4 Å². The van der Waals surface area contributed by atoms with Crippen molar-refractivity contribution in [3.05, 3.63) is 11.1 Å². The number of carboxylic acids is 1. The van der Waals surface area contributed by atoms with Gasteiger partial charge in [-0.3, -0.25) is 24.0 Å². The lowest BCUT2D eigenvalue weighted by molar-refractivity contribution is -0.256. The van der Waals surface area contributed by atoms with E-state index in [4.69, 9.17) is 26.0 Å². The molecule has 0 spiro atoms. The average molecular weight is 536 g/mol. The molecule has 2 unspecified atom stereocenters. The normalized spacial score (nSPS) is 24.7. The van der Waals surface area contributed by atoms with Crippen LogP contribution in [0.2, 0.25) is 0 Å². The van der Waals surface area contributed by atoms with Crippen LogP contribution in [0.25, 0.3) is 0 Å². The van der Waals surface area contributed by atoms with Gasteiger partial charge in [-0.15, -0.1) is 34.7 Å². The number of hydrogen-bond acceptors (Lipinski definition) is 12.